The topological polar surface area (TPSA) is 57.7 Å². The van der Waals surface area contributed by atoms with Crippen LogP contribution in [0.4, 0.5) is 0 Å². The molecule has 5 nitrogen and oxygen atoms in total. The van der Waals surface area contributed by atoms with Crippen molar-refractivity contribution >= 4 is 5.97 Å². The second-order valence-corrected chi connectivity index (χ2v) is 4.52. The number of carbonyl (C=O) groups is 1. The van der Waals surface area contributed by atoms with Crippen LogP contribution in [0.3, 0.4) is 0 Å². The monoisotopic (exact) mass is 265 g/mol. The van der Waals surface area contributed by atoms with Gasteiger partial charge in [0.15, 0.2) is 0 Å². The molecule has 1 aromatic rings. The third-order valence-corrected chi connectivity index (χ3v) is 3.35. The van der Waals surface area contributed by atoms with E-state index in [1.165, 1.54) is 7.11 Å². The number of ether oxygens (including phenoxy) is 3. The van der Waals surface area contributed by atoms with Crippen molar-refractivity contribution in [2.75, 3.05) is 27.4 Å². The molecular weight excluding hydrogens is 246 g/mol. The van der Waals surface area contributed by atoms with Crippen molar-refractivity contribution in [1.82, 2.24) is 4.98 Å². The van der Waals surface area contributed by atoms with Crippen LogP contribution in [-0.2, 0) is 20.7 Å². The molecule has 0 N–H and O–H groups in total. The van der Waals surface area contributed by atoms with E-state index in [-0.39, 0.29) is 12.4 Å². The van der Waals surface area contributed by atoms with Gasteiger partial charge in [0, 0.05) is 24.8 Å². The molecular formula is C14H19NO4. The fourth-order valence-electron chi connectivity index (χ4n) is 2.25. The minimum Gasteiger partial charge on any atom is -0.495 e. The first-order chi connectivity index (χ1) is 9.24. The summed E-state index contributed by atoms with van der Waals surface area (Å²) in [7, 11) is 2.95. The van der Waals surface area contributed by atoms with Crippen LogP contribution in [0.2, 0.25) is 0 Å². The standard InChI is InChI=1S/C14H19NO4/c1-17-13-4-3-11(10-5-7-19-8-6-10)15-12(13)9-14(16)18-2/h3-4,10H,5-9H2,1-2H3. The van der Waals surface area contributed by atoms with Gasteiger partial charge in [-0.15, -0.1) is 0 Å². The summed E-state index contributed by atoms with van der Waals surface area (Å²) in [4.78, 5) is 16.0. The fraction of sp³-hybridized carbons (Fsp3) is 0.571. The Labute approximate surface area is 112 Å². The second-order valence-electron chi connectivity index (χ2n) is 4.52. The van der Waals surface area contributed by atoms with Gasteiger partial charge in [-0.3, -0.25) is 9.78 Å². The van der Waals surface area contributed by atoms with Crippen molar-refractivity contribution < 1.29 is 19.0 Å². The molecule has 0 saturated carbocycles. The summed E-state index contributed by atoms with van der Waals surface area (Å²) >= 11 is 0. The number of hydrogen-bond donors (Lipinski definition) is 0. The van der Waals surface area contributed by atoms with E-state index in [2.05, 4.69) is 9.72 Å². The fourth-order valence-corrected chi connectivity index (χ4v) is 2.25. The molecule has 2 heterocycles. The van der Waals surface area contributed by atoms with Gasteiger partial charge in [-0.2, -0.15) is 0 Å². The zero-order chi connectivity index (χ0) is 13.7. The lowest BCUT2D eigenvalue weighted by molar-refractivity contribution is -0.139. The van der Waals surface area contributed by atoms with E-state index in [1.807, 2.05) is 12.1 Å². The number of pyridine rings is 1. The number of rotatable bonds is 4. The molecule has 1 aliphatic rings. The second kappa shape index (κ2) is 6.52. The Morgan fingerprint density at radius 1 is 1.37 bits per heavy atom. The van der Waals surface area contributed by atoms with Crippen molar-refractivity contribution in [3.63, 3.8) is 0 Å². The van der Waals surface area contributed by atoms with Gasteiger partial charge in [0.2, 0.25) is 0 Å². The van der Waals surface area contributed by atoms with Crippen molar-refractivity contribution in [2.24, 2.45) is 0 Å². The van der Waals surface area contributed by atoms with Crippen molar-refractivity contribution in [1.29, 1.82) is 0 Å². The minimum absolute atomic E-state index is 0.136. The zero-order valence-corrected chi connectivity index (χ0v) is 11.3. The van der Waals surface area contributed by atoms with Crippen LogP contribution >= 0.6 is 0 Å². The number of methoxy groups -OCH3 is 2. The van der Waals surface area contributed by atoms with Crippen molar-refractivity contribution in [3.05, 3.63) is 23.5 Å². The summed E-state index contributed by atoms with van der Waals surface area (Å²) in [6, 6.07) is 3.84. The zero-order valence-electron chi connectivity index (χ0n) is 11.3. The van der Waals surface area contributed by atoms with E-state index in [0.717, 1.165) is 31.7 Å². The number of carbonyl (C=O) groups excluding carboxylic acids is 1. The Morgan fingerprint density at radius 3 is 2.74 bits per heavy atom. The quantitative estimate of drug-likeness (QED) is 0.775. The van der Waals surface area contributed by atoms with Gasteiger partial charge < -0.3 is 14.2 Å². The maximum atomic E-state index is 11.4. The summed E-state index contributed by atoms with van der Waals surface area (Å²) in [5, 5.41) is 0. The molecule has 0 radical (unpaired) electrons. The van der Waals surface area contributed by atoms with Crippen LogP contribution in [0.5, 0.6) is 5.75 Å². The van der Waals surface area contributed by atoms with Gasteiger partial charge in [-0.1, -0.05) is 0 Å². The highest BCUT2D eigenvalue weighted by molar-refractivity contribution is 5.72. The molecule has 104 valence electrons. The van der Waals surface area contributed by atoms with Crippen LogP contribution in [0.25, 0.3) is 0 Å². The Hall–Kier alpha value is -1.62. The average molecular weight is 265 g/mol. The molecule has 1 aromatic heterocycles. The molecule has 1 aliphatic heterocycles. The average Bonchev–Trinajstić information content (AvgIpc) is 2.48. The maximum absolute atomic E-state index is 11.4. The van der Waals surface area contributed by atoms with Gasteiger partial charge in [0.05, 0.1) is 26.3 Å². The lowest BCUT2D eigenvalue weighted by atomic mass is 9.95. The first-order valence-corrected chi connectivity index (χ1v) is 6.43. The van der Waals surface area contributed by atoms with Gasteiger partial charge >= 0.3 is 5.97 Å². The third kappa shape index (κ3) is 3.44. The van der Waals surface area contributed by atoms with Gasteiger partial charge in [-0.25, -0.2) is 0 Å². The Morgan fingerprint density at radius 2 is 2.11 bits per heavy atom. The normalized spacial score (nSPS) is 16.1. The SMILES string of the molecule is COC(=O)Cc1nc(C2CCOCC2)ccc1OC. The Balaban J connectivity index is 2.21. The van der Waals surface area contributed by atoms with E-state index < -0.39 is 0 Å². The minimum atomic E-state index is -0.310. The predicted octanol–water partition coefficient (Wildman–Crippen LogP) is 1.70. The lowest BCUT2D eigenvalue weighted by Crippen LogP contribution is -2.16. The molecule has 1 fully saturated rings. The van der Waals surface area contributed by atoms with E-state index in [1.54, 1.807) is 7.11 Å². The summed E-state index contributed by atoms with van der Waals surface area (Å²) in [6.45, 7) is 1.54. The highest BCUT2D eigenvalue weighted by Crippen LogP contribution is 2.28. The third-order valence-electron chi connectivity index (χ3n) is 3.35. The molecule has 0 spiro atoms. The highest BCUT2D eigenvalue weighted by Gasteiger charge is 2.19. The smallest absolute Gasteiger partial charge is 0.311 e. The number of nitrogens with zero attached hydrogens (tertiary/aromatic N) is 1. The van der Waals surface area contributed by atoms with Crippen molar-refractivity contribution in [3.8, 4) is 5.75 Å². The number of hydrogen-bond acceptors (Lipinski definition) is 5. The predicted molar refractivity (Wildman–Crippen MR) is 69.3 cm³/mol. The first kappa shape index (κ1) is 13.8. The van der Waals surface area contributed by atoms with E-state index >= 15 is 0 Å². The Bertz CT molecular complexity index is 441. The van der Waals surface area contributed by atoms with Gasteiger partial charge in [-0.05, 0) is 25.0 Å². The molecule has 19 heavy (non-hydrogen) atoms. The van der Waals surface area contributed by atoms with Gasteiger partial charge in [0.25, 0.3) is 0 Å². The summed E-state index contributed by atoms with van der Waals surface area (Å²) < 4.78 is 15.3. The van der Waals surface area contributed by atoms with Gasteiger partial charge in [0.1, 0.15) is 5.75 Å². The highest BCUT2D eigenvalue weighted by atomic mass is 16.5. The number of aromatic nitrogens is 1. The van der Waals surface area contributed by atoms with Crippen LogP contribution < -0.4 is 4.74 Å². The molecule has 0 atom stereocenters. The van der Waals surface area contributed by atoms with Crippen LogP contribution in [-0.4, -0.2) is 38.4 Å². The molecule has 0 bridgehead atoms. The van der Waals surface area contributed by atoms with Crippen LogP contribution in [0, 0.1) is 0 Å². The maximum Gasteiger partial charge on any atom is 0.311 e. The Kier molecular flexibility index (Phi) is 4.74. The molecule has 0 aromatic carbocycles. The largest absolute Gasteiger partial charge is 0.495 e. The van der Waals surface area contributed by atoms with E-state index in [9.17, 15) is 4.79 Å². The summed E-state index contributed by atoms with van der Waals surface area (Å²) in [5.41, 5.74) is 1.64. The van der Waals surface area contributed by atoms with Crippen LogP contribution in [0.15, 0.2) is 12.1 Å². The first-order valence-electron chi connectivity index (χ1n) is 6.43. The van der Waals surface area contributed by atoms with E-state index in [4.69, 9.17) is 9.47 Å². The molecule has 2 rings (SSSR count). The molecule has 0 aliphatic carbocycles. The van der Waals surface area contributed by atoms with Crippen LogP contribution in [0.1, 0.15) is 30.1 Å². The summed E-state index contributed by atoms with van der Waals surface area (Å²) in [5.74, 6) is 0.715. The molecule has 0 unspecified atom stereocenters. The van der Waals surface area contributed by atoms with Crippen molar-refractivity contribution in [2.45, 2.75) is 25.2 Å². The molecule has 0 amide bonds. The summed E-state index contributed by atoms with van der Waals surface area (Å²) in [6.07, 6.45) is 2.07. The molecule has 5 heteroatoms. The lowest BCUT2D eigenvalue weighted by Gasteiger charge is -2.22. The number of esters is 1. The molecule has 1 saturated heterocycles. The van der Waals surface area contributed by atoms with E-state index in [0.29, 0.717) is 17.4 Å².